The molecule has 122 valence electrons. The van der Waals surface area contributed by atoms with Crippen molar-refractivity contribution in [1.82, 2.24) is 0 Å². The fourth-order valence-electron chi connectivity index (χ4n) is 2.71. The van der Waals surface area contributed by atoms with Crippen LogP contribution in [0.15, 0.2) is 60.2 Å². The van der Waals surface area contributed by atoms with E-state index in [1.54, 1.807) is 13.2 Å². The lowest BCUT2D eigenvalue weighted by Gasteiger charge is -2.18. The Balaban J connectivity index is 1.83. The molecule has 0 spiro atoms. The summed E-state index contributed by atoms with van der Waals surface area (Å²) in [4.78, 5) is 12.1. The van der Waals surface area contributed by atoms with Crippen molar-refractivity contribution < 1.29 is 13.9 Å². The minimum Gasteiger partial charge on any atom is -0.497 e. The summed E-state index contributed by atoms with van der Waals surface area (Å²) in [7, 11) is 1.64. The van der Waals surface area contributed by atoms with Gasteiger partial charge in [-0.15, -0.1) is 0 Å². The Kier molecular flexibility index (Phi) is 4.81. The Morgan fingerprint density at radius 2 is 1.92 bits per heavy atom. The van der Waals surface area contributed by atoms with E-state index >= 15 is 0 Å². The van der Waals surface area contributed by atoms with Gasteiger partial charge in [0.2, 0.25) is 0 Å². The number of hydrogen-bond acceptors (Lipinski definition) is 2. The highest BCUT2D eigenvalue weighted by Gasteiger charge is 2.17. The predicted octanol–water partition coefficient (Wildman–Crippen LogP) is 5.17. The number of benzene rings is 2. The van der Waals surface area contributed by atoms with Gasteiger partial charge in [-0.1, -0.05) is 17.7 Å². The lowest BCUT2D eigenvalue weighted by molar-refractivity contribution is 0.104. The maximum Gasteiger partial charge on any atom is 0.185 e. The van der Waals surface area contributed by atoms with Crippen LogP contribution in [0.1, 0.15) is 27.9 Å². The third kappa shape index (κ3) is 3.41. The quantitative estimate of drug-likeness (QED) is 0.566. The molecule has 0 N–H and O–H groups in total. The molecular weight excluding hydrogens is 327 g/mol. The lowest BCUT2D eigenvalue weighted by atomic mass is 9.91. The molecule has 2 aromatic rings. The molecular formula is C20H16ClFO2. The number of ketones is 1. The molecule has 0 aliphatic heterocycles. The average Bonchev–Trinajstić information content (AvgIpc) is 2.61. The zero-order chi connectivity index (χ0) is 17.1. The number of fused-ring (bicyclic) bond motifs is 1. The highest BCUT2D eigenvalue weighted by Crippen LogP contribution is 2.36. The highest BCUT2D eigenvalue weighted by molar-refractivity contribution is 6.49. The summed E-state index contributed by atoms with van der Waals surface area (Å²) in [6, 6.07) is 11.3. The second-order valence-electron chi connectivity index (χ2n) is 5.57. The van der Waals surface area contributed by atoms with Gasteiger partial charge in [-0.3, -0.25) is 4.79 Å². The van der Waals surface area contributed by atoms with E-state index in [9.17, 15) is 9.18 Å². The summed E-state index contributed by atoms with van der Waals surface area (Å²) < 4.78 is 18.1. The van der Waals surface area contributed by atoms with Crippen LogP contribution in [0.3, 0.4) is 0 Å². The number of carbonyl (C=O) groups excluding carboxylic acids is 1. The molecule has 0 bridgehead atoms. The van der Waals surface area contributed by atoms with Crippen molar-refractivity contribution in [3.05, 3.63) is 82.7 Å². The van der Waals surface area contributed by atoms with Gasteiger partial charge in [0.15, 0.2) is 5.78 Å². The molecule has 0 aromatic heterocycles. The molecule has 0 radical (unpaired) electrons. The number of halogens is 2. The van der Waals surface area contributed by atoms with E-state index in [4.69, 9.17) is 16.3 Å². The maximum absolute atomic E-state index is 12.9. The summed E-state index contributed by atoms with van der Waals surface area (Å²) in [5, 5.41) is 0.655. The second-order valence-corrected chi connectivity index (χ2v) is 5.94. The standard InChI is InChI=1S/C20H16ClFO2/c1-24-17-9-10-18-15(12-17)3-2-14(20(18)21)6-11-19(23)13-4-7-16(22)8-5-13/h4-12H,2-3H2,1H3/b11-6+. The van der Waals surface area contributed by atoms with Crippen molar-refractivity contribution in [3.8, 4) is 5.75 Å². The molecule has 0 saturated heterocycles. The number of hydrogen-bond donors (Lipinski definition) is 0. The summed E-state index contributed by atoms with van der Waals surface area (Å²) in [5.74, 6) is 0.275. The molecule has 4 heteroatoms. The first-order chi connectivity index (χ1) is 11.6. The largest absolute Gasteiger partial charge is 0.497 e. The van der Waals surface area contributed by atoms with E-state index in [1.165, 1.54) is 30.3 Å². The van der Waals surface area contributed by atoms with E-state index in [2.05, 4.69) is 0 Å². The van der Waals surface area contributed by atoms with Crippen LogP contribution >= 0.6 is 11.6 Å². The van der Waals surface area contributed by atoms with Crippen LogP contribution in [0.2, 0.25) is 0 Å². The summed E-state index contributed by atoms with van der Waals surface area (Å²) in [6.07, 6.45) is 4.83. The van der Waals surface area contributed by atoms with Crippen molar-refractivity contribution in [2.45, 2.75) is 12.8 Å². The van der Waals surface area contributed by atoms with Crippen molar-refractivity contribution in [3.63, 3.8) is 0 Å². The van der Waals surface area contributed by atoms with Gasteiger partial charge in [-0.2, -0.15) is 0 Å². The van der Waals surface area contributed by atoms with Gasteiger partial charge in [-0.25, -0.2) is 4.39 Å². The Morgan fingerprint density at radius 1 is 1.17 bits per heavy atom. The molecule has 0 saturated carbocycles. The molecule has 1 aliphatic carbocycles. The number of carbonyl (C=O) groups is 1. The van der Waals surface area contributed by atoms with Crippen molar-refractivity contribution in [2.75, 3.05) is 7.11 Å². The van der Waals surface area contributed by atoms with Crippen LogP contribution in [-0.2, 0) is 6.42 Å². The summed E-state index contributed by atoms with van der Waals surface area (Å²) in [5.41, 5.74) is 3.48. The zero-order valence-electron chi connectivity index (χ0n) is 13.2. The summed E-state index contributed by atoms with van der Waals surface area (Å²) >= 11 is 6.49. The molecule has 0 unspecified atom stereocenters. The van der Waals surface area contributed by atoms with Crippen LogP contribution in [-0.4, -0.2) is 12.9 Å². The predicted molar refractivity (Wildman–Crippen MR) is 94.0 cm³/mol. The van der Waals surface area contributed by atoms with Gasteiger partial charge in [0.25, 0.3) is 0 Å². The number of ether oxygens (including phenoxy) is 1. The van der Waals surface area contributed by atoms with E-state index in [1.807, 2.05) is 18.2 Å². The molecule has 1 aliphatic rings. The maximum atomic E-state index is 12.9. The van der Waals surface area contributed by atoms with Gasteiger partial charge >= 0.3 is 0 Å². The second kappa shape index (κ2) is 7.02. The van der Waals surface area contributed by atoms with E-state index in [0.717, 1.165) is 35.3 Å². The normalized spacial score (nSPS) is 14.0. The summed E-state index contributed by atoms with van der Waals surface area (Å²) in [6.45, 7) is 0. The first kappa shape index (κ1) is 16.5. The molecule has 0 atom stereocenters. The first-order valence-electron chi connectivity index (χ1n) is 7.62. The topological polar surface area (TPSA) is 26.3 Å². The number of methoxy groups -OCH3 is 1. The van der Waals surface area contributed by atoms with Crippen molar-refractivity contribution in [1.29, 1.82) is 0 Å². The molecule has 0 amide bonds. The minimum absolute atomic E-state index is 0.174. The Hall–Kier alpha value is -2.39. The van der Waals surface area contributed by atoms with Crippen molar-refractivity contribution >= 4 is 22.4 Å². The third-order valence-electron chi connectivity index (χ3n) is 4.06. The first-order valence-corrected chi connectivity index (χ1v) is 8.00. The third-order valence-corrected chi connectivity index (χ3v) is 4.51. The monoisotopic (exact) mass is 342 g/mol. The van der Waals surface area contributed by atoms with Gasteiger partial charge in [0, 0.05) is 5.56 Å². The van der Waals surface area contributed by atoms with Crippen LogP contribution < -0.4 is 4.74 Å². The Bertz CT molecular complexity index is 835. The molecule has 0 heterocycles. The molecule has 0 fully saturated rings. The zero-order valence-corrected chi connectivity index (χ0v) is 13.9. The highest BCUT2D eigenvalue weighted by atomic mass is 35.5. The Labute approximate surface area is 145 Å². The lowest BCUT2D eigenvalue weighted by Crippen LogP contribution is -2.02. The molecule has 2 aromatic carbocycles. The SMILES string of the molecule is COc1ccc2c(c1)CCC(/C=C/C(=O)c1ccc(F)cc1)=C2Cl. The van der Waals surface area contributed by atoms with E-state index in [0.29, 0.717) is 10.6 Å². The Morgan fingerprint density at radius 3 is 2.62 bits per heavy atom. The van der Waals surface area contributed by atoms with Crippen LogP contribution in [0.4, 0.5) is 4.39 Å². The van der Waals surface area contributed by atoms with E-state index in [-0.39, 0.29) is 11.6 Å². The number of allylic oxidation sites excluding steroid dienone is 3. The number of aryl methyl sites for hydroxylation is 1. The average molecular weight is 343 g/mol. The minimum atomic E-state index is -0.361. The van der Waals surface area contributed by atoms with Gasteiger partial charge in [-0.05, 0) is 78.1 Å². The molecule has 3 rings (SSSR count). The van der Waals surface area contributed by atoms with Crippen LogP contribution in [0.5, 0.6) is 5.75 Å². The van der Waals surface area contributed by atoms with Gasteiger partial charge in [0.05, 0.1) is 12.1 Å². The van der Waals surface area contributed by atoms with E-state index < -0.39 is 0 Å². The van der Waals surface area contributed by atoms with Crippen molar-refractivity contribution in [2.24, 2.45) is 0 Å². The van der Waals surface area contributed by atoms with Crippen LogP contribution in [0, 0.1) is 5.82 Å². The van der Waals surface area contributed by atoms with Gasteiger partial charge in [0.1, 0.15) is 11.6 Å². The molecule has 2 nitrogen and oxygen atoms in total. The fourth-order valence-corrected chi connectivity index (χ4v) is 3.06. The van der Waals surface area contributed by atoms with Gasteiger partial charge < -0.3 is 4.74 Å². The number of rotatable bonds is 4. The smallest absolute Gasteiger partial charge is 0.185 e. The molecule has 24 heavy (non-hydrogen) atoms. The fraction of sp³-hybridized carbons (Fsp3) is 0.150. The van der Waals surface area contributed by atoms with Crippen LogP contribution in [0.25, 0.3) is 5.03 Å².